The van der Waals surface area contributed by atoms with E-state index in [0.717, 1.165) is 9.99 Å². The summed E-state index contributed by atoms with van der Waals surface area (Å²) in [5, 5.41) is 4.53. The van der Waals surface area contributed by atoms with Gasteiger partial charge < -0.3 is 5.32 Å². The molecule has 0 amide bonds. The third-order valence-corrected chi connectivity index (χ3v) is 4.04. The molecule has 0 radical (unpaired) electrons. The van der Waals surface area contributed by atoms with Gasteiger partial charge in [0.15, 0.2) is 0 Å². The summed E-state index contributed by atoms with van der Waals surface area (Å²) in [6.45, 7) is 2.13. The third-order valence-electron chi connectivity index (χ3n) is 3.40. The maximum Gasteiger partial charge on any atom is 0.0870 e. The van der Waals surface area contributed by atoms with Crippen molar-refractivity contribution >= 4 is 32.5 Å². The van der Waals surface area contributed by atoms with Gasteiger partial charge in [-0.3, -0.25) is 4.98 Å². The minimum atomic E-state index is 0.680. The Morgan fingerprint density at radius 3 is 2.76 bits per heavy atom. The zero-order valence-electron chi connectivity index (χ0n) is 10.0. The first kappa shape index (κ1) is 11.0. The van der Waals surface area contributed by atoms with Gasteiger partial charge in [-0.25, -0.2) is 0 Å². The molecule has 1 fully saturated rings. The lowest BCUT2D eigenvalue weighted by atomic mass is 10.1. The maximum atomic E-state index is 4.82. The highest BCUT2D eigenvalue weighted by Crippen LogP contribution is 2.42. The molecule has 17 heavy (non-hydrogen) atoms. The predicted octanol–water partition coefficient (Wildman–Crippen LogP) is 4.22. The molecular formula is C14H15BrN2. The predicted molar refractivity (Wildman–Crippen MR) is 75.7 cm³/mol. The number of aromatic nitrogens is 1. The average Bonchev–Trinajstić information content (AvgIpc) is 3.16. The van der Waals surface area contributed by atoms with Gasteiger partial charge in [-0.15, -0.1) is 0 Å². The molecule has 0 spiro atoms. The summed E-state index contributed by atoms with van der Waals surface area (Å²) < 4.78 is 1.08. The van der Waals surface area contributed by atoms with E-state index >= 15 is 0 Å². The second kappa shape index (κ2) is 3.98. The topological polar surface area (TPSA) is 24.9 Å². The van der Waals surface area contributed by atoms with Crippen LogP contribution in [0.1, 0.15) is 30.0 Å². The SMILES string of the molecule is CNc1cc(C2CC2)nc2c(Br)ccc(C)c12. The number of aryl methyl sites for hydroxylation is 1. The van der Waals surface area contributed by atoms with Crippen LogP contribution in [0.5, 0.6) is 0 Å². The smallest absolute Gasteiger partial charge is 0.0870 e. The van der Waals surface area contributed by atoms with E-state index in [1.807, 2.05) is 7.05 Å². The minimum absolute atomic E-state index is 0.680. The second-order valence-corrected chi connectivity index (χ2v) is 5.56. The molecule has 0 saturated heterocycles. The molecule has 3 heteroatoms. The van der Waals surface area contributed by atoms with Crippen molar-refractivity contribution in [2.45, 2.75) is 25.7 Å². The summed E-state index contributed by atoms with van der Waals surface area (Å²) in [6.07, 6.45) is 2.57. The van der Waals surface area contributed by atoms with Crippen molar-refractivity contribution in [3.63, 3.8) is 0 Å². The monoisotopic (exact) mass is 290 g/mol. The molecule has 0 bridgehead atoms. The molecule has 0 unspecified atom stereocenters. The number of hydrogen-bond acceptors (Lipinski definition) is 2. The molecule has 1 aliphatic rings. The van der Waals surface area contributed by atoms with Gasteiger partial charge in [-0.05, 0) is 53.4 Å². The molecule has 2 nitrogen and oxygen atoms in total. The molecule has 0 atom stereocenters. The summed E-state index contributed by atoms with van der Waals surface area (Å²) in [5.41, 5.74) is 4.77. The zero-order chi connectivity index (χ0) is 12.0. The van der Waals surface area contributed by atoms with E-state index in [2.05, 4.69) is 46.4 Å². The Hall–Kier alpha value is -1.09. The van der Waals surface area contributed by atoms with Crippen LogP contribution in [0.2, 0.25) is 0 Å². The lowest BCUT2D eigenvalue weighted by Gasteiger charge is -2.12. The van der Waals surface area contributed by atoms with Crippen molar-refractivity contribution < 1.29 is 0 Å². The van der Waals surface area contributed by atoms with Gasteiger partial charge in [-0.1, -0.05) is 6.07 Å². The first-order valence-corrected chi connectivity index (χ1v) is 6.77. The number of rotatable bonds is 2. The highest BCUT2D eigenvalue weighted by molar-refractivity contribution is 9.10. The van der Waals surface area contributed by atoms with Gasteiger partial charge in [0.25, 0.3) is 0 Å². The zero-order valence-corrected chi connectivity index (χ0v) is 11.6. The van der Waals surface area contributed by atoms with Crippen LogP contribution in [0.3, 0.4) is 0 Å². The van der Waals surface area contributed by atoms with E-state index in [4.69, 9.17) is 4.98 Å². The fraction of sp³-hybridized carbons (Fsp3) is 0.357. The molecule has 2 aromatic rings. The van der Waals surface area contributed by atoms with Crippen LogP contribution in [0.4, 0.5) is 5.69 Å². The van der Waals surface area contributed by atoms with Gasteiger partial charge in [-0.2, -0.15) is 0 Å². The van der Waals surface area contributed by atoms with E-state index in [1.165, 1.54) is 35.2 Å². The van der Waals surface area contributed by atoms with Crippen molar-refractivity contribution in [2.24, 2.45) is 0 Å². The Morgan fingerprint density at radius 2 is 2.12 bits per heavy atom. The number of halogens is 1. The summed E-state index contributed by atoms with van der Waals surface area (Å²) >= 11 is 3.61. The number of benzene rings is 1. The second-order valence-electron chi connectivity index (χ2n) is 4.71. The Balaban J connectivity index is 2.35. The molecule has 88 valence electrons. The number of anilines is 1. The quantitative estimate of drug-likeness (QED) is 0.896. The average molecular weight is 291 g/mol. The molecule has 1 aliphatic carbocycles. The molecule has 1 heterocycles. The lowest BCUT2D eigenvalue weighted by molar-refractivity contribution is 1.04. The Labute approximate surface area is 110 Å². The first-order chi connectivity index (χ1) is 8.20. The Morgan fingerprint density at radius 1 is 1.35 bits per heavy atom. The molecular weight excluding hydrogens is 276 g/mol. The molecule has 1 aromatic carbocycles. The molecule has 0 aliphatic heterocycles. The Kier molecular flexibility index (Phi) is 2.58. The minimum Gasteiger partial charge on any atom is -0.388 e. The number of hydrogen-bond donors (Lipinski definition) is 1. The van der Waals surface area contributed by atoms with Crippen molar-refractivity contribution in [1.82, 2.24) is 4.98 Å². The molecule has 1 aromatic heterocycles. The van der Waals surface area contributed by atoms with E-state index in [9.17, 15) is 0 Å². The van der Waals surface area contributed by atoms with Crippen LogP contribution in [-0.4, -0.2) is 12.0 Å². The summed E-state index contributed by atoms with van der Waals surface area (Å²) in [5.74, 6) is 0.680. The van der Waals surface area contributed by atoms with E-state index in [0.29, 0.717) is 5.92 Å². The van der Waals surface area contributed by atoms with Gasteiger partial charge >= 0.3 is 0 Å². The van der Waals surface area contributed by atoms with Crippen LogP contribution in [0.25, 0.3) is 10.9 Å². The van der Waals surface area contributed by atoms with Crippen LogP contribution in [-0.2, 0) is 0 Å². The van der Waals surface area contributed by atoms with Crippen molar-refractivity contribution in [1.29, 1.82) is 0 Å². The van der Waals surface area contributed by atoms with Gasteiger partial charge in [0.2, 0.25) is 0 Å². The lowest BCUT2D eigenvalue weighted by Crippen LogP contribution is -1.97. The van der Waals surface area contributed by atoms with Crippen molar-refractivity contribution in [2.75, 3.05) is 12.4 Å². The molecule has 1 saturated carbocycles. The highest BCUT2D eigenvalue weighted by atomic mass is 79.9. The van der Waals surface area contributed by atoms with Crippen LogP contribution in [0.15, 0.2) is 22.7 Å². The fourth-order valence-corrected chi connectivity index (χ4v) is 2.70. The van der Waals surface area contributed by atoms with E-state index in [-0.39, 0.29) is 0 Å². The number of pyridine rings is 1. The standard InChI is InChI=1S/C14H15BrN2/c1-8-3-6-10(15)14-13(8)12(16-2)7-11(17-14)9-4-5-9/h3,6-7,9H,4-5H2,1-2H3,(H,16,17). The van der Waals surface area contributed by atoms with E-state index < -0.39 is 0 Å². The first-order valence-electron chi connectivity index (χ1n) is 5.98. The third kappa shape index (κ3) is 1.82. The summed E-state index contributed by atoms with van der Waals surface area (Å²) in [4.78, 5) is 4.82. The Bertz CT molecular complexity index is 588. The summed E-state index contributed by atoms with van der Waals surface area (Å²) in [6, 6.07) is 6.42. The van der Waals surface area contributed by atoms with Gasteiger partial charge in [0.1, 0.15) is 0 Å². The van der Waals surface area contributed by atoms with Crippen molar-refractivity contribution in [3.05, 3.63) is 33.9 Å². The van der Waals surface area contributed by atoms with Crippen LogP contribution >= 0.6 is 15.9 Å². The highest BCUT2D eigenvalue weighted by Gasteiger charge is 2.26. The molecule has 3 rings (SSSR count). The van der Waals surface area contributed by atoms with Crippen LogP contribution < -0.4 is 5.32 Å². The van der Waals surface area contributed by atoms with E-state index in [1.54, 1.807) is 0 Å². The van der Waals surface area contributed by atoms with Gasteiger partial charge in [0.05, 0.1) is 5.52 Å². The number of nitrogens with zero attached hydrogens (tertiary/aromatic N) is 1. The maximum absolute atomic E-state index is 4.82. The molecule has 1 N–H and O–H groups in total. The fourth-order valence-electron chi connectivity index (χ4n) is 2.28. The van der Waals surface area contributed by atoms with Crippen LogP contribution in [0, 0.1) is 6.92 Å². The number of fused-ring (bicyclic) bond motifs is 1. The summed E-state index contributed by atoms with van der Waals surface area (Å²) in [7, 11) is 1.98. The van der Waals surface area contributed by atoms with Crippen molar-refractivity contribution in [3.8, 4) is 0 Å². The largest absolute Gasteiger partial charge is 0.388 e. The normalized spacial score (nSPS) is 15.2. The van der Waals surface area contributed by atoms with Gasteiger partial charge in [0, 0.05) is 34.2 Å². The number of nitrogens with one attached hydrogen (secondary N) is 1.